The molecule has 0 radical (unpaired) electrons. The fourth-order valence-electron chi connectivity index (χ4n) is 2.33. The van der Waals surface area contributed by atoms with Gasteiger partial charge >= 0.3 is 29.6 Å². The predicted molar refractivity (Wildman–Crippen MR) is 93.0 cm³/mol. The molecule has 1 unspecified atom stereocenters. The minimum absolute atomic E-state index is 0. The average molecular weight is 335 g/mol. The van der Waals surface area contributed by atoms with Crippen LogP contribution in [0.1, 0.15) is 72.6 Å². The Hall–Kier alpha value is 0.170. The molecule has 0 bridgehead atoms. The van der Waals surface area contributed by atoms with E-state index >= 15 is 0 Å². The maximum atomic E-state index is 11.7. The molecule has 0 aliphatic carbocycles. The van der Waals surface area contributed by atoms with Crippen molar-refractivity contribution in [1.29, 1.82) is 0 Å². The molecule has 0 fully saturated rings. The minimum atomic E-state index is -1.18. The van der Waals surface area contributed by atoms with Crippen LogP contribution in [0.5, 0.6) is 5.75 Å². The molecule has 0 spiro atoms. The molecule has 0 aliphatic heterocycles. The topological polar surface area (TPSA) is 26.3 Å². The van der Waals surface area contributed by atoms with Crippen molar-refractivity contribution in [2.75, 3.05) is 5.75 Å². The first kappa shape index (κ1) is 22.2. The van der Waals surface area contributed by atoms with E-state index in [4.69, 9.17) is 4.18 Å². The maximum absolute atomic E-state index is 11.7. The monoisotopic (exact) mass is 334 g/mol. The molecule has 2 nitrogen and oxygen atoms in total. The molecule has 0 saturated carbocycles. The Bertz CT molecular complexity index is 377. The molecular formula is C18H31NaO2S. The smallest absolute Gasteiger partial charge is 1.00 e. The van der Waals surface area contributed by atoms with E-state index in [9.17, 15) is 4.21 Å². The van der Waals surface area contributed by atoms with Crippen LogP contribution >= 0.6 is 0 Å². The van der Waals surface area contributed by atoms with Crippen LogP contribution in [-0.4, -0.2) is 9.96 Å². The number of hydrogen-bond acceptors (Lipinski definition) is 2. The van der Waals surface area contributed by atoms with Crippen molar-refractivity contribution in [1.82, 2.24) is 0 Å². The van der Waals surface area contributed by atoms with Gasteiger partial charge in [0, 0.05) is 0 Å². The first-order valence-corrected chi connectivity index (χ1v) is 9.69. The number of para-hydroxylation sites is 1. The summed E-state index contributed by atoms with van der Waals surface area (Å²) in [6.45, 7) is 2.26. The Morgan fingerprint density at radius 2 is 1.36 bits per heavy atom. The summed E-state index contributed by atoms with van der Waals surface area (Å²) in [6.07, 6.45) is 13.0. The van der Waals surface area contributed by atoms with Crippen molar-refractivity contribution in [3.63, 3.8) is 0 Å². The van der Waals surface area contributed by atoms with Crippen molar-refractivity contribution in [2.24, 2.45) is 0 Å². The van der Waals surface area contributed by atoms with Crippen LogP contribution in [-0.2, 0) is 11.1 Å². The zero-order chi connectivity index (χ0) is 15.2. The number of unbranched alkanes of at least 4 members (excludes halogenated alkanes) is 9. The molecular weight excluding hydrogens is 303 g/mol. The fraction of sp³-hybridized carbons (Fsp3) is 0.667. The Labute approximate surface area is 162 Å². The van der Waals surface area contributed by atoms with Gasteiger partial charge in [0.25, 0.3) is 0 Å². The largest absolute Gasteiger partial charge is 1.00 e. The van der Waals surface area contributed by atoms with Crippen LogP contribution in [0, 0.1) is 0 Å². The second kappa shape index (κ2) is 16.0. The van der Waals surface area contributed by atoms with Crippen LogP contribution in [0.3, 0.4) is 0 Å². The van der Waals surface area contributed by atoms with Gasteiger partial charge < -0.3 is 5.61 Å². The number of benzene rings is 1. The van der Waals surface area contributed by atoms with Gasteiger partial charge in [-0.05, 0) is 18.6 Å². The summed E-state index contributed by atoms with van der Waals surface area (Å²) in [6, 6.07) is 9.41. The third-order valence-electron chi connectivity index (χ3n) is 3.60. The van der Waals surface area contributed by atoms with Crippen molar-refractivity contribution in [3.8, 4) is 5.75 Å². The number of rotatable bonds is 13. The Balaban J connectivity index is 0. The van der Waals surface area contributed by atoms with Crippen molar-refractivity contribution >= 4 is 11.1 Å². The Morgan fingerprint density at radius 1 is 0.864 bits per heavy atom. The number of hydrogen-bond donors (Lipinski definition) is 0. The zero-order valence-electron chi connectivity index (χ0n) is 15.4. The van der Waals surface area contributed by atoms with Crippen LogP contribution in [0.2, 0.25) is 0 Å². The van der Waals surface area contributed by atoms with Crippen molar-refractivity contribution < 1.29 is 39.4 Å². The van der Waals surface area contributed by atoms with E-state index in [-0.39, 0.29) is 31.0 Å². The SMILES string of the molecule is CCCCCCCCCCCCS(=O)Oc1ccccc1.[H-].[Na+]. The molecule has 0 heterocycles. The molecule has 0 saturated heterocycles. The Kier molecular flexibility index (Phi) is 16.2. The van der Waals surface area contributed by atoms with Gasteiger partial charge in [0.15, 0.2) is 0 Å². The van der Waals surface area contributed by atoms with Crippen molar-refractivity contribution in [3.05, 3.63) is 30.3 Å². The standard InChI is InChI=1S/C18H30O2S.Na.H/c1-2-3-4-5-6-7-8-9-10-14-17-21(19)20-18-15-12-11-13-16-18;;/h11-13,15-16H,2-10,14,17H2,1H3;;/q;+1;-1. The molecule has 22 heavy (non-hydrogen) atoms. The summed E-state index contributed by atoms with van der Waals surface area (Å²) in [4.78, 5) is 0. The van der Waals surface area contributed by atoms with E-state index in [1.54, 1.807) is 0 Å². The van der Waals surface area contributed by atoms with Crippen LogP contribution < -0.4 is 33.7 Å². The summed E-state index contributed by atoms with van der Waals surface area (Å²) in [5.41, 5.74) is 0. The summed E-state index contributed by atoms with van der Waals surface area (Å²) >= 11 is -1.18. The van der Waals surface area contributed by atoms with E-state index in [0.29, 0.717) is 11.5 Å². The third-order valence-corrected chi connectivity index (χ3v) is 4.60. The van der Waals surface area contributed by atoms with Crippen LogP contribution in [0.15, 0.2) is 30.3 Å². The summed E-state index contributed by atoms with van der Waals surface area (Å²) in [5, 5.41) is 0. The second-order valence-electron chi connectivity index (χ2n) is 5.59. The van der Waals surface area contributed by atoms with Gasteiger partial charge in [0.05, 0.1) is 5.75 Å². The maximum Gasteiger partial charge on any atom is 1.00 e. The fourth-order valence-corrected chi connectivity index (χ4v) is 3.18. The van der Waals surface area contributed by atoms with Gasteiger partial charge in [-0.25, -0.2) is 4.21 Å². The molecule has 1 rings (SSSR count). The molecule has 0 amide bonds. The molecule has 1 aromatic rings. The van der Waals surface area contributed by atoms with Crippen LogP contribution in [0.25, 0.3) is 0 Å². The zero-order valence-corrected chi connectivity index (χ0v) is 17.2. The predicted octanol–water partition coefficient (Wildman–Crippen LogP) is 2.77. The molecule has 1 aromatic carbocycles. The van der Waals surface area contributed by atoms with E-state index in [1.807, 2.05) is 30.3 Å². The van der Waals surface area contributed by atoms with Gasteiger partial charge in [0.1, 0.15) is 5.75 Å². The van der Waals surface area contributed by atoms with Crippen molar-refractivity contribution in [2.45, 2.75) is 71.1 Å². The normalized spacial score (nSPS) is 11.7. The molecule has 0 aliphatic rings. The van der Waals surface area contributed by atoms with E-state index in [2.05, 4.69) is 6.92 Å². The van der Waals surface area contributed by atoms with E-state index < -0.39 is 11.1 Å². The second-order valence-corrected chi connectivity index (χ2v) is 6.77. The molecule has 4 heteroatoms. The summed E-state index contributed by atoms with van der Waals surface area (Å²) in [5.74, 6) is 1.34. The summed E-state index contributed by atoms with van der Waals surface area (Å²) in [7, 11) is 0. The van der Waals surface area contributed by atoms with Crippen LogP contribution in [0.4, 0.5) is 0 Å². The minimum Gasteiger partial charge on any atom is -1.00 e. The molecule has 0 aromatic heterocycles. The molecule has 0 N–H and O–H groups in total. The van der Waals surface area contributed by atoms with Gasteiger partial charge in [-0.2, -0.15) is 0 Å². The molecule has 1 atom stereocenters. The first-order chi connectivity index (χ1) is 10.3. The van der Waals surface area contributed by atoms with E-state index in [1.165, 1.54) is 57.8 Å². The quantitative estimate of drug-likeness (QED) is 0.410. The van der Waals surface area contributed by atoms with Gasteiger partial charge in [-0.1, -0.05) is 82.9 Å². The first-order valence-electron chi connectivity index (χ1n) is 8.44. The average Bonchev–Trinajstić information content (AvgIpc) is 2.50. The van der Waals surface area contributed by atoms with Gasteiger partial charge in [0.2, 0.25) is 11.1 Å². The third kappa shape index (κ3) is 12.7. The van der Waals surface area contributed by atoms with Gasteiger partial charge in [-0.15, -0.1) is 0 Å². The van der Waals surface area contributed by atoms with E-state index in [0.717, 1.165) is 6.42 Å². The van der Waals surface area contributed by atoms with Gasteiger partial charge in [-0.3, -0.25) is 0 Å². The molecule has 122 valence electrons. The Morgan fingerprint density at radius 3 is 1.91 bits per heavy atom. The summed E-state index contributed by atoms with van der Waals surface area (Å²) < 4.78 is 17.1.